The molecular formula is C13H20FN. The summed E-state index contributed by atoms with van der Waals surface area (Å²) in [4.78, 5) is 0. The predicted molar refractivity (Wildman–Crippen MR) is 63.6 cm³/mol. The maximum absolute atomic E-state index is 12.6. The highest BCUT2D eigenvalue weighted by Gasteiger charge is 2.04. The fourth-order valence-corrected chi connectivity index (χ4v) is 1.69. The molecule has 0 saturated heterocycles. The average Bonchev–Trinajstić information content (AvgIpc) is 2.26. The van der Waals surface area contributed by atoms with E-state index >= 15 is 0 Å². The Kier molecular flexibility index (Phi) is 5.16. The van der Waals surface area contributed by atoms with Gasteiger partial charge in [0.15, 0.2) is 0 Å². The van der Waals surface area contributed by atoms with Crippen molar-refractivity contribution in [1.82, 2.24) is 0 Å². The molecule has 15 heavy (non-hydrogen) atoms. The van der Waals surface area contributed by atoms with Crippen LogP contribution in [0, 0.1) is 11.7 Å². The molecule has 84 valence electrons. The van der Waals surface area contributed by atoms with E-state index in [1.807, 2.05) is 0 Å². The molecule has 0 amide bonds. The van der Waals surface area contributed by atoms with Gasteiger partial charge in [-0.05, 0) is 36.6 Å². The van der Waals surface area contributed by atoms with Gasteiger partial charge in [0.05, 0.1) is 0 Å². The molecule has 0 spiro atoms. The number of anilines is 1. The molecular weight excluding hydrogens is 189 g/mol. The summed E-state index contributed by atoms with van der Waals surface area (Å²) >= 11 is 0. The molecule has 0 fully saturated rings. The van der Waals surface area contributed by atoms with Crippen LogP contribution in [0.5, 0.6) is 0 Å². The van der Waals surface area contributed by atoms with Gasteiger partial charge in [0.2, 0.25) is 0 Å². The van der Waals surface area contributed by atoms with Crippen LogP contribution in [-0.2, 0) is 0 Å². The Morgan fingerprint density at radius 3 is 2.40 bits per heavy atom. The van der Waals surface area contributed by atoms with Crippen molar-refractivity contribution in [3.05, 3.63) is 30.1 Å². The molecule has 0 radical (unpaired) electrons. The lowest BCUT2D eigenvalue weighted by atomic mass is 10.0. The van der Waals surface area contributed by atoms with Crippen molar-refractivity contribution >= 4 is 5.69 Å². The first-order valence-electron chi connectivity index (χ1n) is 5.75. The fourth-order valence-electron chi connectivity index (χ4n) is 1.69. The van der Waals surface area contributed by atoms with Crippen molar-refractivity contribution in [3.8, 4) is 0 Å². The van der Waals surface area contributed by atoms with Gasteiger partial charge in [-0.1, -0.05) is 26.7 Å². The average molecular weight is 209 g/mol. The van der Waals surface area contributed by atoms with E-state index in [9.17, 15) is 4.39 Å². The van der Waals surface area contributed by atoms with Gasteiger partial charge in [0.25, 0.3) is 0 Å². The number of hydrogen-bond acceptors (Lipinski definition) is 1. The quantitative estimate of drug-likeness (QED) is 0.745. The highest BCUT2D eigenvalue weighted by Crippen LogP contribution is 2.13. The van der Waals surface area contributed by atoms with E-state index in [0.29, 0.717) is 0 Å². The smallest absolute Gasteiger partial charge is 0.123 e. The minimum atomic E-state index is -0.179. The fraction of sp³-hybridized carbons (Fsp3) is 0.538. The maximum Gasteiger partial charge on any atom is 0.123 e. The van der Waals surface area contributed by atoms with Crippen LogP contribution in [0.4, 0.5) is 10.1 Å². The van der Waals surface area contributed by atoms with Crippen molar-refractivity contribution in [2.45, 2.75) is 33.1 Å². The summed E-state index contributed by atoms with van der Waals surface area (Å²) < 4.78 is 12.6. The van der Waals surface area contributed by atoms with Crippen LogP contribution < -0.4 is 5.32 Å². The zero-order valence-electron chi connectivity index (χ0n) is 9.59. The number of benzene rings is 1. The summed E-state index contributed by atoms with van der Waals surface area (Å²) in [6.45, 7) is 5.41. The number of halogens is 1. The Balaban J connectivity index is 2.38. The second-order valence-corrected chi connectivity index (χ2v) is 3.95. The predicted octanol–water partition coefficient (Wildman–Crippen LogP) is 4.06. The Morgan fingerprint density at radius 1 is 1.20 bits per heavy atom. The molecule has 0 aromatic heterocycles. The second-order valence-electron chi connectivity index (χ2n) is 3.95. The van der Waals surface area contributed by atoms with Gasteiger partial charge in [-0.25, -0.2) is 4.39 Å². The van der Waals surface area contributed by atoms with Gasteiger partial charge in [-0.3, -0.25) is 0 Å². The van der Waals surface area contributed by atoms with Crippen molar-refractivity contribution in [2.24, 2.45) is 5.92 Å². The summed E-state index contributed by atoms with van der Waals surface area (Å²) in [5.41, 5.74) is 1.01. The molecule has 1 nitrogen and oxygen atoms in total. The van der Waals surface area contributed by atoms with Crippen LogP contribution in [0.1, 0.15) is 33.1 Å². The third kappa shape index (κ3) is 4.32. The van der Waals surface area contributed by atoms with Crippen molar-refractivity contribution in [2.75, 3.05) is 11.9 Å². The molecule has 1 N–H and O–H groups in total. The number of nitrogens with one attached hydrogen (secondary N) is 1. The third-order valence-electron chi connectivity index (χ3n) is 2.71. The van der Waals surface area contributed by atoms with Gasteiger partial charge < -0.3 is 5.32 Å². The van der Waals surface area contributed by atoms with E-state index in [4.69, 9.17) is 0 Å². The molecule has 1 atom stereocenters. The van der Waals surface area contributed by atoms with Crippen LogP contribution in [0.25, 0.3) is 0 Å². The van der Waals surface area contributed by atoms with Gasteiger partial charge >= 0.3 is 0 Å². The Hall–Kier alpha value is -1.05. The molecule has 0 bridgehead atoms. The van der Waals surface area contributed by atoms with E-state index in [0.717, 1.165) is 18.2 Å². The maximum atomic E-state index is 12.6. The number of hydrogen-bond donors (Lipinski definition) is 1. The van der Waals surface area contributed by atoms with E-state index in [1.165, 1.54) is 31.4 Å². The molecule has 0 aliphatic carbocycles. The molecule has 1 aromatic carbocycles. The van der Waals surface area contributed by atoms with Crippen LogP contribution >= 0.6 is 0 Å². The monoisotopic (exact) mass is 209 g/mol. The van der Waals surface area contributed by atoms with E-state index in [-0.39, 0.29) is 5.82 Å². The van der Waals surface area contributed by atoms with Gasteiger partial charge in [0.1, 0.15) is 5.82 Å². The summed E-state index contributed by atoms with van der Waals surface area (Å²) in [6, 6.07) is 6.55. The minimum absolute atomic E-state index is 0.179. The number of rotatable bonds is 6. The summed E-state index contributed by atoms with van der Waals surface area (Å²) in [5, 5.41) is 3.34. The summed E-state index contributed by atoms with van der Waals surface area (Å²) in [7, 11) is 0. The lowest BCUT2D eigenvalue weighted by Gasteiger charge is -2.15. The van der Waals surface area contributed by atoms with Crippen molar-refractivity contribution in [1.29, 1.82) is 0 Å². The van der Waals surface area contributed by atoms with Crippen LogP contribution in [0.3, 0.4) is 0 Å². The highest BCUT2D eigenvalue weighted by molar-refractivity contribution is 5.42. The van der Waals surface area contributed by atoms with E-state index in [1.54, 1.807) is 12.1 Å². The first-order chi connectivity index (χ1) is 7.26. The highest BCUT2D eigenvalue weighted by atomic mass is 19.1. The van der Waals surface area contributed by atoms with Gasteiger partial charge in [-0.2, -0.15) is 0 Å². The minimum Gasteiger partial charge on any atom is -0.385 e. The molecule has 0 aliphatic heterocycles. The first-order valence-corrected chi connectivity index (χ1v) is 5.75. The summed E-state index contributed by atoms with van der Waals surface area (Å²) in [6.07, 6.45) is 3.68. The molecule has 0 aliphatic rings. The van der Waals surface area contributed by atoms with E-state index in [2.05, 4.69) is 19.2 Å². The standard InChI is InChI=1S/C13H20FN/c1-3-5-11(4-2)10-15-13-8-6-12(14)7-9-13/h6-9,11,15H,3-5,10H2,1-2H3. The molecule has 1 aromatic rings. The SMILES string of the molecule is CCCC(CC)CNc1ccc(F)cc1. The van der Waals surface area contributed by atoms with Crippen LogP contribution in [0.2, 0.25) is 0 Å². The lowest BCUT2D eigenvalue weighted by molar-refractivity contribution is 0.488. The van der Waals surface area contributed by atoms with E-state index < -0.39 is 0 Å². The molecule has 1 rings (SSSR count). The topological polar surface area (TPSA) is 12.0 Å². The van der Waals surface area contributed by atoms with Crippen LogP contribution in [0.15, 0.2) is 24.3 Å². The Morgan fingerprint density at radius 2 is 1.87 bits per heavy atom. The van der Waals surface area contributed by atoms with Crippen molar-refractivity contribution in [3.63, 3.8) is 0 Å². The lowest BCUT2D eigenvalue weighted by Crippen LogP contribution is -2.13. The van der Waals surface area contributed by atoms with Crippen LogP contribution in [-0.4, -0.2) is 6.54 Å². The largest absolute Gasteiger partial charge is 0.385 e. The second kappa shape index (κ2) is 6.44. The zero-order valence-corrected chi connectivity index (χ0v) is 9.59. The zero-order chi connectivity index (χ0) is 11.1. The third-order valence-corrected chi connectivity index (χ3v) is 2.71. The normalized spacial score (nSPS) is 12.5. The molecule has 1 unspecified atom stereocenters. The Bertz CT molecular complexity index is 268. The van der Waals surface area contributed by atoms with Crippen molar-refractivity contribution < 1.29 is 4.39 Å². The molecule has 0 heterocycles. The van der Waals surface area contributed by atoms with Gasteiger partial charge in [-0.15, -0.1) is 0 Å². The summed E-state index contributed by atoms with van der Waals surface area (Å²) in [5.74, 6) is 0.543. The molecule has 2 heteroatoms. The molecule has 0 saturated carbocycles. The Labute approximate surface area is 91.7 Å². The first kappa shape index (κ1) is 12.0. The van der Waals surface area contributed by atoms with Gasteiger partial charge in [0, 0.05) is 12.2 Å².